The van der Waals surface area contributed by atoms with Crippen LogP contribution in [0.1, 0.15) is 29.8 Å². The van der Waals surface area contributed by atoms with E-state index in [0.29, 0.717) is 30.2 Å². The van der Waals surface area contributed by atoms with Crippen molar-refractivity contribution in [3.8, 4) is 17.2 Å². The summed E-state index contributed by atoms with van der Waals surface area (Å²) in [4.78, 5) is 14.9. The Morgan fingerprint density at radius 1 is 0.886 bits per heavy atom. The zero-order chi connectivity index (χ0) is 25.6. The summed E-state index contributed by atoms with van der Waals surface area (Å²) in [6.07, 6.45) is 0. The van der Waals surface area contributed by atoms with Gasteiger partial charge in [-0.2, -0.15) is 8.42 Å². The highest BCUT2D eigenvalue weighted by Gasteiger charge is 2.20. The number of benzene rings is 3. The summed E-state index contributed by atoms with van der Waals surface area (Å²) in [5.41, 5.74) is 1.23. The van der Waals surface area contributed by atoms with E-state index >= 15 is 0 Å². The van der Waals surface area contributed by atoms with Gasteiger partial charge in [-0.3, -0.25) is 4.79 Å². The third-order valence-electron chi connectivity index (χ3n) is 5.08. The molecule has 3 rings (SSSR count). The zero-order valence-electron chi connectivity index (χ0n) is 20.0. The van der Waals surface area contributed by atoms with Gasteiger partial charge in [-0.1, -0.05) is 26.0 Å². The van der Waals surface area contributed by atoms with Crippen molar-refractivity contribution in [1.29, 1.82) is 0 Å². The van der Waals surface area contributed by atoms with Gasteiger partial charge in [0.15, 0.2) is 0 Å². The second kappa shape index (κ2) is 11.2. The fourth-order valence-corrected chi connectivity index (χ4v) is 4.35. The number of rotatable bonds is 10. The standard InChI is InChI=1S/C26H28FNO6S/c1-18(2)16-28(26(29)20-13-23(32-3)15-24(14-20)33-4)17-19-5-9-22(10-6-19)34-35(30,31)25-11-7-21(27)8-12-25/h5-15,18H,16-17H2,1-4H3. The van der Waals surface area contributed by atoms with Crippen molar-refractivity contribution in [2.75, 3.05) is 20.8 Å². The van der Waals surface area contributed by atoms with E-state index < -0.39 is 15.9 Å². The Hall–Kier alpha value is -3.59. The smallest absolute Gasteiger partial charge is 0.339 e. The average molecular weight is 502 g/mol. The average Bonchev–Trinajstić information content (AvgIpc) is 2.83. The second-order valence-electron chi connectivity index (χ2n) is 8.32. The van der Waals surface area contributed by atoms with Crippen molar-refractivity contribution in [3.05, 3.63) is 83.7 Å². The molecule has 35 heavy (non-hydrogen) atoms. The Balaban J connectivity index is 1.78. The van der Waals surface area contributed by atoms with Crippen LogP contribution in [0, 0.1) is 11.7 Å². The fourth-order valence-electron chi connectivity index (χ4n) is 3.42. The molecule has 0 N–H and O–H groups in total. The van der Waals surface area contributed by atoms with Gasteiger partial charge in [0.1, 0.15) is 28.0 Å². The van der Waals surface area contributed by atoms with Gasteiger partial charge < -0.3 is 18.6 Å². The number of amides is 1. The highest BCUT2D eigenvalue weighted by molar-refractivity contribution is 7.87. The Morgan fingerprint density at radius 3 is 1.97 bits per heavy atom. The van der Waals surface area contributed by atoms with Gasteiger partial charge in [-0.25, -0.2) is 4.39 Å². The lowest BCUT2D eigenvalue weighted by molar-refractivity contribution is 0.0722. The summed E-state index contributed by atoms with van der Waals surface area (Å²) < 4.78 is 53.7. The van der Waals surface area contributed by atoms with Crippen LogP contribution in [-0.4, -0.2) is 40.0 Å². The van der Waals surface area contributed by atoms with Crippen LogP contribution in [0.15, 0.2) is 71.6 Å². The maximum absolute atomic E-state index is 13.3. The molecule has 0 aliphatic rings. The largest absolute Gasteiger partial charge is 0.497 e. The first-order chi connectivity index (χ1) is 16.6. The van der Waals surface area contributed by atoms with Crippen LogP contribution in [0.25, 0.3) is 0 Å². The van der Waals surface area contributed by atoms with Gasteiger partial charge in [0.2, 0.25) is 0 Å². The van der Waals surface area contributed by atoms with E-state index in [1.54, 1.807) is 35.2 Å². The lowest BCUT2D eigenvalue weighted by atomic mass is 10.1. The molecule has 0 saturated heterocycles. The molecule has 0 unspecified atom stereocenters. The highest BCUT2D eigenvalue weighted by atomic mass is 32.2. The zero-order valence-corrected chi connectivity index (χ0v) is 20.8. The van der Waals surface area contributed by atoms with Crippen LogP contribution in [0.5, 0.6) is 17.2 Å². The maximum Gasteiger partial charge on any atom is 0.339 e. The molecule has 3 aromatic carbocycles. The minimum atomic E-state index is -4.10. The van der Waals surface area contributed by atoms with Crippen LogP contribution < -0.4 is 13.7 Å². The summed E-state index contributed by atoms with van der Waals surface area (Å²) in [5, 5.41) is 0. The lowest BCUT2D eigenvalue weighted by Crippen LogP contribution is -2.33. The number of nitrogens with zero attached hydrogens (tertiary/aromatic N) is 1. The Morgan fingerprint density at radius 2 is 1.46 bits per heavy atom. The molecule has 0 radical (unpaired) electrons. The van der Waals surface area contributed by atoms with Crippen molar-refractivity contribution >= 4 is 16.0 Å². The first-order valence-electron chi connectivity index (χ1n) is 10.9. The van der Waals surface area contributed by atoms with Crippen molar-refractivity contribution < 1.29 is 31.3 Å². The summed E-state index contributed by atoms with van der Waals surface area (Å²) in [7, 11) is -1.05. The van der Waals surface area contributed by atoms with Crippen LogP contribution in [0.2, 0.25) is 0 Å². The minimum absolute atomic E-state index is 0.109. The number of halogens is 1. The summed E-state index contributed by atoms with van der Waals surface area (Å²) in [6, 6.07) is 15.8. The summed E-state index contributed by atoms with van der Waals surface area (Å²) in [5.74, 6) is 0.630. The number of hydrogen-bond acceptors (Lipinski definition) is 6. The van der Waals surface area contributed by atoms with Crippen LogP contribution >= 0.6 is 0 Å². The van der Waals surface area contributed by atoms with E-state index in [4.69, 9.17) is 13.7 Å². The number of carbonyl (C=O) groups excluding carboxylic acids is 1. The van der Waals surface area contributed by atoms with Crippen LogP contribution in [0.3, 0.4) is 0 Å². The summed E-state index contributed by atoms with van der Waals surface area (Å²) >= 11 is 0. The Labute approximate surface area is 205 Å². The molecule has 186 valence electrons. The third-order valence-corrected chi connectivity index (χ3v) is 6.34. The van der Waals surface area contributed by atoms with Gasteiger partial charge in [0.25, 0.3) is 5.91 Å². The predicted molar refractivity (Wildman–Crippen MR) is 130 cm³/mol. The van der Waals surface area contributed by atoms with Crippen molar-refractivity contribution in [3.63, 3.8) is 0 Å². The second-order valence-corrected chi connectivity index (χ2v) is 9.86. The van der Waals surface area contributed by atoms with Gasteiger partial charge in [-0.15, -0.1) is 0 Å². The highest BCUT2D eigenvalue weighted by Crippen LogP contribution is 2.25. The van der Waals surface area contributed by atoms with Gasteiger partial charge in [0, 0.05) is 24.7 Å². The monoisotopic (exact) mass is 501 g/mol. The third kappa shape index (κ3) is 6.95. The minimum Gasteiger partial charge on any atom is -0.497 e. The molecule has 0 heterocycles. The molecular weight excluding hydrogens is 473 g/mol. The topological polar surface area (TPSA) is 82.1 Å². The maximum atomic E-state index is 13.3. The molecular formula is C26H28FNO6S. The first-order valence-corrected chi connectivity index (χ1v) is 12.3. The first kappa shape index (κ1) is 26.0. The fraction of sp³-hybridized carbons (Fsp3) is 0.269. The van der Waals surface area contributed by atoms with Crippen molar-refractivity contribution in [2.45, 2.75) is 25.3 Å². The molecule has 1 amide bonds. The quantitative estimate of drug-likeness (QED) is 0.367. The number of carbonyl (C=O) groups is 1. The van der Waals surface area contributed by atoms with E-state index in [9.17, 15) is 17.6 Å². The van der Waals surface area contributed by atoms with E-state index in [-0.39, 0.29) is 22.5 Å². The van der Waals surface area contributed by atoms with Gasteiger partial charge in [-0.05, 0) is 60.0 Å². The lowest BCUT2D eigenvalue weighted by Gasteiger charge is -2.25. The number of ether oxygens (including phenoxy) is 2. The molecule has 0 bridgehead atoms. The molecule has 0 saturated carbocycles. The molecule has 0 spiro atoms. The molecule has 0 atom stereocenters. The Bertz CT molecular complexity index is 1240. The molecule has 9 heteroatoms. The molecule has 3 aromatic rings. The van der Waals surface area contributed by atoms with Crippen molar-refractivity contribution in [2.24, 2.45) is 5.92 Å². The predicted octanol–water partition coefficient (Wildman–Crippen LogP) is 4.91. The van der Waals surface area contributed by atoms with Crippen molar-refractivity contribution in [1.82, 2.24) is 4.90 Å². The van der Waals surface area contributed by atoms with E-state index in [1.807, 2.05) is 13.8 Å². The number of hydrogen-bond donors (Lipinski definition) is 0. The molecule has 0 aromatic heterocycles. The normalized spacial score (nSPS) is 11.3. The summed E-state index contributed by atoms with van der Waals surface area (Å²) in [6.45, 7) is 4.85. The van der Waals surface area contributed by atoms with E-state index in [2.05, 4.69) is 0 Å². The van der Waals surface area contributed by atoms with Crippen LogP contribution in [0.4, 0.5) is 4.39 Å². The molecule has 0 fully saturated rings. The number of methoxy groups -OCH3 is 2. The Kier molecular flexibility index (Phi) is 8.34. The van der Waals surface area contributed by atoms with Gasteiger partial charge in [0.05, 0.1) is 14.2 Å². The molecule has 0 aliphatic heterocycles. The van der Waals surface area contributed by atoms with E-state index in [0.717, 1.165) is 29.8 Å². The van der Waals surface area contributed by atoms with Crippen LogP contribution in [-0.2, 0) is 16.7 Å². The molecule has 7 nitrogen and oxygen atoms in total. The van der Waals surface area contributed by atoms with Gasteiger partial charge >= 0.3 is 10.1 Å². The SMILES string of the molecule is COc1cc(OC)cc(C(=O)N(Cc2ccc(OS(=O)(=O)c3ccc(F)cc3)cc2)CC(C)C)c1. The molecule has 0 aliphatic carbocycles. The van der Waals surface area contributed by atoms with E-state index in [1.165, 1.54) is 26.4 Å².